The van der Waals surface area contributed by atoms with E-state index in [1.54, 1.807) is 11.3 Å². The van der Waals surface area contributed by atoms with Gasteiger partial charge in [0.2, 0.25) is 0 Å². The number of thiophene rings is 1. The first kappa shape index (κ1) is 19.6. The van der Waals surface area contributed by atoms with E-state index < -0.39 is 0 Å². The lowest BCUT2D eigenvalue weighted by Gasteiger charge is -2.44. The van der Waals surface area contributed by atoms with Crippen molar-refractivity contribution in [3.05, 3.63) is 22.4 Å². The fourth-order valence-electron chi connectivity index (χ4n) is 3.99. The smallest absolute Gasteiger partial charge is 0.169 e. The number of quaternary nitrogens is 1. The van der Waals surface area contributed by atoms with Crippen LogP contribution in [0, 0.1) is 10.8 Å². The van der Waals surface area contributed by atoms with Crippen LogP contribution >= 0.6 is 11.3 Å². The van der Waals surface area contributed by atoms with Gasteiger partial charge in [0.05, 0.1) is 25.6 Å². The van der Waals surface area contributed by atoms with E-state index in [0.717, 1.165) is 37.9 Å². The summed E-state index contributed by atoms with van der Waals surface area (Å²) in [5, 5.41) is 16.2. The van der Waals surface area contributed by atoms with Crippen LogP contribution in [0.15, 0.2) is 16.8 Å². The molecule has 1 aromatic heterocycles. The van der Waals surface area contributed by atoms with E-state index in [4.69, 9.17) is 0 Å². The SMILES string of the molecule is CC1(C)CC(O)CC(C)(C[NH2+]CCC(=O)c2ccsc2)C1.[Cl-]. The molecule has 2 rings (SSSR count). The summed E-state index contributed by atoms with van der Waals surface area (Å²) in [6.45, 7) is 8.58. The molecule has 2 atom stereocenters. The van der Waals surface area contributed by atoms with Crippen LogP contribution in [0.2, 0.25) is 0 Å². The molecule has 0 aliphatic heterocycles. The van der Waals surface area contributed by atoms with Gasteiger partial charge in [-0.25, -0.2) is 0 Å². The highest BCUT2D eigenvalue weighted by Gasteiger charge is 2.41. The van der Waals surface area contributed by atoms with Crippen LogP contribution in [0.4, 0.5) is 0 Å². The largest absolute Gasteiger partial charge is 1.00 e. The standard InChI is InChI=1S/C17H27NO2S.ClH/c1-16(2)8-14(19)9-17(3,11-16)12-18-6-4-15(20)13-5-7-21-10-13;/h5,7,10,14,18-19H,4,6,8-9,11-12H2,1-3H3;1H. The lowest BCUT2D eigenvalue weighted by atomic mass is 9.63. The highest BCUT2D eigenvalue weighted by Crippen LogP contribution is 2.45. The van der Waals surface area contributed by atoms with Gasteiger partial charge >= 0.3 is 0 Å². The van der Waals surface area contributed by atoms with Crippen LogP contribution in [0.25, 0.3) is 0 Å². The van der Waals surface area contributed by atoms with E-state index in [0.29, 0.717) is 6.42 Å². The maximum atomic E-state index is 11.9. The van der Waals surface area contributed by atoms with E-state index >= 15 is 0 Å². The zero-order chi connectivity index (χ0) is 15.5. The molecule has 1 saturated carbocycles. The van der Waals surface area contributed by atoms with Gasteiger partial charge in [0.25, 0.3) is 0 Å². The Hall–Kier alpha value is -0.420. The molecule has 3 N–H and O–H groups in total. The average molecular weight is 346 g/mol. The molecule has 0 amide bonds. The third-order valence-corrected chi connectivity index (χ3v) is 5.16. The van der Waals surface area contributed by atoms with Gasteiger partial charge in [0.15, 0.2) is 5.78 Å². The Balaban J connectivity index is 0.00000242. The minimum atomic E-state index is -0.181. The van der Waals surface area contributed by atoms with E-state index in [2.05, 4.69) is 26.1 Å². The zero-order valence-electron chi connectivity index (χ0n) is 13.8. The third kappa shape index (κ3) is 5.65. The van der Waals surface area contributed by atoms with Crippen LogP contribution in [-0.2, 0) is 0 Å². The van der Waals surface area contributed by atoms with Crippen LogP contribution in [0.5, 0.6) is 0 Å². The summed E-state index contributed by atoms with van der Waals surface area (Å²) in [5.41, 5.74) is 1.23. The topological polar surface area (TPSA) is 53.9 Å². The third-order valence-electron chi connectivity index (χ3n) is 4.48. The molecule has 0 spiro atoms. The van der Waals surface area contributed by atoms with Crippen LogP contribution < -0.4 is 17.7 Å². The Kier molecular flexibility index (Phi) is 7.06. The van der Waals surface area contributed by atoms with Crippen molar-refractivity contribution in [3.63, 3.8) is 0 Å². The summed E-state index contributed by atoms with van der Waals surface area (Å²) in [5.74, 6) is 0.238. The molecule has 0 radical (unpaired) electrons. The number of hydrogen-bond donors (Lipinski definition) is 2. The maximum absolute atomic E-state index is 11.9. The second-order valence-electron chi connectivity index (χ2n) is 7.68. The molecule has 5 heteroatoms. The van der Waals surface area contributed by atoms with Crippen molar-refractivity contribution in [1.82, 2.24) is 0 Å². The first-order chi connectivity index (χ1) is 9.80. The second kappa shape index (κ2) is 7.91. The fraction of sp³-hybridized carbons (Fsp3) is 0.706. The molecule has 22 heavy (non-hydrogen) atoms. The number of aliphatic hydroxyl groups is 1. The number of hydrogen-bond acceptors (Lipinski definition) is 3. The van der Waals surface area contributed by atoms with E-state index in [1.165, 1.54) is 0 Å². The van der Waals surface area contributed by atoms with Crippen molar-refractivity contribution in [2.24, 2.45) is 10.8 Å². The van der Waals surface area contributed by atoms with Gasteiger partial charge in [0, 0.05) is 16.4 Å². The van der Waals surface area contributed by atoms with Crippen molar-refractivity contribution in [3.8, 4) is 0 Å². The maximum Gasteiger partial charge on any atom is 0.169 e. The van der Waals surface area contributed by atoms with E-state index in [-0.39, 0.29) is 35.1 Å². The first-order valence-electron chi connectivity index (χ1n) is 7.85. The average Bonchev–Trinajstić information content (AvgIpc) is 2.85. The fourth-order valence-corrected chi connectivity index (χ4v) is 4.65. The van der Waals surface area contributed by atoms with Crippen molar-refractivity contribution in [2.45, 2.75) is 52.6 Å². The summed E-state index contributed by atoms with van der Waals surface area (Å²) < 4.78 is 0. The van der Waals surface area contributed by atoms with Crippen molar-refractivity contribution < 1.29 is 27.6 Å². The normalized spacial score (nSPS) is 27.2. The Morgan fingerprint density at radius 3 is 2.73 bits per heavy atom. The summed E-state index contributed by atoms with van der Waals surface area (Å²) in [6, 6.07) is 1.90. The van der Waals surface area contributed by atoms with Gasteiger partial charge < -0.3 is 22.8 Å². The molecule has 2 unspecified atom stereocenters. The van der Waals surface area contributed by atoms with E-state index in [9.17, 15) is 9.90 Å². The van der Waals surface area contributed by atoms with Crippen molar-refractivity contribution in [2.75, 3.05) is 13.1 Å². The van der Waals surface area contributed by atoms with Crippen LogP contribution in [0.3, 0.4) is 0 Å². The van der Waals surface area contributed by atoms with E-state index in [1.807, 2.05) is 16.8 Å². The Morgan fingerprint density at radius 2 is 2.14 bits per heavy atom. The van der Waals surface area contributed by atoms with Crippen LogP contribution in [-0.4, -0.2) is 30.1 Å². The van der Waals surface area contributed by atoms with Gasteiger partial charge in [-0.15, -0.1) is 0 Å². The Bertz CT molecular complexity index is 475. The second-order valence-corrected chi connectivity index (χ2v) is 8.46. The summed E-state index contributed by atoms with van der Waals surface area (Å²) in [6.07, 6.45) is 3.34. The highest BCUT2D eigenvalue weighted by molar-refractivity contribution is 7.08. The number of halogens is 1. The number of carbonyl (C=O) groups excluding carboxylic acids is 1. The minimum absolute atomic E-state index is 0. The lowest BCUT2D eigenvalue weighted by Crippen LogP contribution is -3.00. The molecular formula is C17H28ClNO2S. The molecule has 3 nitrogen and oxygen atoms in total. The Morgan fingerprint density at radius 1 is 1.41 bits per heavy atom. The Labute approximate surface area is 143 Å². The molecule has 1 aliphatic carbocycles. The highest BCUT2D eigenvalue weighted by atomic mass is 35.5. The first-order valence-corrected chi connectivity index (χ1v) is 8.79. The van der Waals surface area contributed by atoms with Gasteiger partial charge in [-0.3, -0.25) is 4.79 Å². The number of rotatable bonds is 6. The van der Waals surface area contributed by atoms with Gasteiger partial charge in [-0.2, -0.15) is 11.3 Å². The molecule has 126 valence electrons. The minimum Gasteiger partial charge on any atom is -1.00 e. The number of Topliss-reactive ketones (excluding diaryl/α,β-unsaturated/α-hetero) is 1. The predicted octanol–water partition coefficient (Wildman–Crippen LogP) is -0.534. The molecular weight excluding hydrogens is 318 g/mol. The molecule has 1 aromatic rings. The molecule has 1 aliphatic rings. The summed E-state index contributed by atoms with van der Waals surface area (Å²) in [7, 11) is 0. The monoisotopic (exact) mass is 345 g/mol. The molecule has 0 saturated heterocycles. The zero-order valence-corrected chi connectivity index (χ0v) is 15.3. The van der Waals surface area contributed by atoms with Crippen LogP contribution in [0.1, 0.15) is 56.8 Å². The number of carbonyl (C=O) groups is 1. The lowest BCUT2D eigenvalue weighted by molar-refractivity contribution is -0.666. The quantitative estimate of drug-likeness (QED) is 0.538. The van der Waals surface area contributed by atoms with Gasteiger partial charge in [0.1, 0.15) is 0 Å². The predicted molar refractivity (Wildman–Crippen MR) is 86.7 cm³/mol. The van der Waals surface area contributed by atoms with Gasteiger partial charge in [-0.1, -0.05) is 20.8 Å². The van der Waals surface area contributed by atoms with Crippen molar-refractivity contribution in [1.29, 1.82) is 0 Å². The number of aliphatic hydroxyl groups excluding tert-OH is 1. The molecule has 1 fully saturated rings. The number of ketones is 1. The summed E-state index contributed by atoms with van der Waals surface area (Å²) in [4.78, 5) is 11.9. The number of nitrogens with two attached hydrogens (primary N) is 1. The molecule has 0 aromatic carbocycles. The summed E-state index contributed by atoms with van der Waals surface area (Å²) >= 11 is 1.57. The molecule has 0 bridgehead atoms. The van der Waals surface area contributed by atoms with Gasteiger partial charge in [-0.05, 0) is 36.1 Å². The molecule has 1 heterocycles. The van der Waals surface area contributed by atoms with Crippen molar-refractivity contribution >= 4 is 17.1 Å².